The predicted octanol–water partition coefficient (Wildman–Crippen LogP) is 3.93. The third-order valence-corrected chi connectivity index (χ3v) is 4.73. The number of hydrogen-bond donors (Lipinski definition) is 1. The highest BCUT2D eigenvalue weighted by atomic mass is 32.2. The second-order valence-corrected chi connectivity index (χ2v) is 6.80. The van der Waals surface area contributed by atoms with Gasteiger partial charge in [0.25, 0.3) is 0 Å². The van der Waals surface area contributed by atoms with Crippen LogP contribution in [0.15, 0.2) is 42.5 Å². The molecule has 0 saturated carbocycles. The van der Waals surface area contributed by atoms with Crippen molar-refractivity contribution in [3.63, 3.8) is 0 Å². The maximum Gasteiger partial charge on any atom is 0.339 e. The van der Waals surface area contributed by atoms with Gasteiger partial charge in [-0.15, -0.1) is 0 Å². The van der Waals surface area contributed by atoms with Gasteiger partial charge in [0.05, 0.1) is 11.3 Å². The molecule has 0 radical (unpaired) electrons. The summed E-state index contributed by atoms with van der Waals surface area (Å²) in [6.07, 6.45) is -0.0952. The lowest BCUT2D eigenvalue weighted by atomic mass is 9.91. The van der Waals surface area contributed by atoms with E-state index in [0.29, 0.717) is 23.1 Å². The van der Waals surface area contributed by atoms with Gasteiger partial charge >= 0.3 is 5.97 Å². The highest BCUT2D eigenvalue weighted by molar-refractivity contribution is 7.78. The van der Waals surface area contributed by atoms with Gasteiger partial charge in [-0.1, -0.05) is 31.2 Å². The number of halogens is 2. The molecule has 0 spiro atoms. The summed E-state index contributed by atoms with van der Waals surface area (Å²) in [6.45, 7) is 1.83. The number of cyclic esters (lactones) is 1. The third kappa shape index (κ3) is 3.59. The predicted molar refractivity (Wildman–Crippen MR) is 94.3 cm³/mol. The Kier molecular flexibility index (Phi) is 5.29. The Bertz CT molecular complexity index is 924. The van der Waals surface area contributed by atoms with Crippen LogP contribution >= 0.6 is 0 Å². The van der Waals surface area contributed by atoms with Gasteiger partial charge < -0.3 is 9.29 Å². The molecule has 1 N–H and O–H groups in total. The van der Waals surface area contributed by atoms with Gasteiger partial charge in [0.15, 0.2) is 11.1 Å². The topological polar surface area (TPSA) is 63.6 Å². The average Bonchev–Trinajstić information content (AvgIpc) is 2.93. The van der Waals surface area contributed by atoms with E-state index in [-0.39, 0.29) is 16.9 Å². The van der Waals surface area contributed by atoms with E-state index in [4.69, 9.17) is 9.29 Å². The van der Waals surface area contributed by atoms with Crippen LogP contribution in [0.25, 0.3) is 11.1 Å². The molecule has 0 fully saturated rings. The highest BCUT2D eigenvalue weighted by Crippen LogP contribution is 2.39. The largest absolute Gasteiger partial charge is 0.454 e. The van der Waals surface area contributed by atoms with E-state index in [0.717, 1.165) is 0 Å². The lowest BCUT2D eigenvalue weighted by Crippen LogP contribution is -2.09. The number of carbonyl (C=O) groups excluding carboxylic acids is 1. The van der Waals surface area contributed by atoms with Crippen molar-refractivity contribution in [3.8, 4) is 0 Å². The zero-order valence-corrected chi connectivity index (χ0v) is 14.7. The number of rotatable bonds is 5. The molecule has 2 aromatic rings. The van der Waals surface area contributed by atoms with Gasteiger partial charge in [0.1, 0.15) is 17.7 Å². The average molecular weight is 378 g/mol. The first-order valence-electron chi connectivity index (χ1n) is 7.98. The molecule has 26 heavy (non-hydrogen) atoms. The van der Waals surface area contributed by atoms with Gasteiger partial charge in [-0.05, 0) is 35.7 Å². The molecule has 0 bridgehead atoms. The van der Waals surface area contributed by atoms with Crippen LogP contribution in [0.4, 0.5) is 8.78 Å². The molecule has 4 nitrogen and oxygen atoms in total. The summed E-state index contributed by atoms with van der Waals surface area (Å²) >= 11 is -2.16. The Balaban J connectivity index is 2.15. The summed E-state index contributed by atoms with van der Waals surface area (Å²) < 4.78 is 53.2. The minimum Gasteiger partial charge on any atom is -0.454 e. The quantitative estimate of drug-likeness (QED) is 0.632. The molecule has 0 aliphatic carbocycles. The molecule has 2 atom stereocenters. The normalized spacial score (nSPS) is 18.2. The van der Waals surface area contributed by atoms with Crippen LogP contribution in [0.1, 0.15) is 30.0 Å². The minimum absolute atomic E-state index is 0.0979. The van der Waals surface area contributed by atoms with Crippen molar-refractivity contribution in [2.45, 2.75) is 25.2 Å². The molecule has 1 aliphatic rings. The minimum atomic E-state index is -2.16. The van der Waals surface area contributed by atoms with Crippen molar-refractivity contribution in [1.82, 2.24) is 0 Å². The maximum absolute atomic E-state index is 14.3. The fraction of sp³-hybridized carbons (Fsp3) is 0.211. The molecular formula is C19H16F2O4S. The number of ether oxygens (including phenoxy) is 1. The van der Waals surface area contributed by atoms with Crippen molar-refractivity contribution >= 4 is 28.2 Å². The smallest absolute Gasteiger partial charge is 0.339 e. The lowest BCUT2D eigenvalue weighted by Gasteiger charge is -2.13. The fourth-order valence-electron chi connectivity index (χ4n) is 3.02. The third-order valence-electron chi connectivity index (χ3n) is 4.17. The van der Waals surface area contributed by atoms with E-state index in [1.807, 2.05) is 6.92 Å². The maximum atomic E-state index is 14.3. The monoisotopic (exact) mass is 378 g/mol. The molecule has 7 heteroatoms. The lowest BCUT2D eigenvalue weighted by molar-refractivity contribution is -0.137. The first-order valence-corrected chi connectivity index (χ1v) is 9.25. The summed E-state index contributed by atoms with van der Waals surface area (Å²) in [4.78, 5) is 12.4. The van der Waals surface area contributed by atoms with E-state index in [9.17, 15) is 17.8 Å². The summed E-state index contributed by atoms with van der Waals surface area (Å²) in [5.74, 6) is -2.05. The van der Waals surface area contributed by atoms with E-state index < -0.39 is 34.8 Å². The van der Waals surface area contributed by atoms with Crippen molar-refractivity contribution < 1.29 is 27.1 Å². The first kappa shape index (κ1) is 18.4. The molecule has 0 saturated heterocycles. The van der Waals surface area contributed by atoms with Crippen LogP contribution in [0.5, 0.6) is 0 Å². The second kappa shape index (κ2) is 7.47. The number of carbonyl (C=O) groups is 1. The van der Waals surface area contributed by atoms with E-state index in [2.05, 4.69) is 0 Å². The fourth-order valence-corrected chi connectivity index (χ4v) is 3.52. The van der Waals surface area contributed by atoms with Gasteiger partial charge in [0.2, 0.25) is 0 Å². The standard InChI is InChI=1S/C19H16F2O4S/c1-2-16-17(12-6-7-13(10-26(23)24)15(21)9-12)18(19(22)25-16)11-4-3-5-14(20)8-11/h3-9,16H,2,10H2,1H3,(H,23,24). The van der Waals surface area contributed by atoms with Gasteiger partial charge in [-0.3, -0.25) is 0 Å². The summed E-state index contributed by atoms with van der Waals surface area (Å²) in [5, 5.41) is 0. The van der Waals surface area contributed by atoms with Crippen LogP contribution in [-0.2, 0) is 26.4 Å². The Labute approximate surface area is 151 Å². The number of hydrogen-bond acceptors (Lipinski definition) is 3. The van der Waals surface area contributed by atoms with Crippen molar-refractivity contribution in [2.75, 3.05) is 0 Å². The summed E-state index contributed by atoms with van der Waals surface area (Å²) in [5.41, 5.74) is 1.57. The molecule has 0 aromatic heterocycles. The van der Waals surface area contributed by atoms with Crippen molar-refractivity contribution in [1.29, 1.82) is 0 Å². The Morgan fingerprint density at radius 2 is 1.92 bits per heavy atom. The molecule has 0 amide bonds. The zero-order chi connectivity index (χ0) is 18.8. The Morgan fingerprint density at radius 1 is 1.15 bits per heavy atom. The van der Waals surface area contributed by atoms with Gasteiger partial charge in [-0.2, -0.15) is 0 Å². The van der Waals surface area contributed by atoms with Crippen molar-refractivity contribution in [3.05, 3.63) is 70.8 Å². The number of esters is 1. The van der Waals surface area contributed by atoms with Crippen LogP contribution in [0.2, 0.25) is 0 Å². The zero-order valence-electron chi connectivity index (χ0n) is 13.9. The van der Waals surface area contributed by atoms with Crippen LogP contribution in [-0.4, -0.2) is 20.8 Å². The molecule has 1 heterocycles. The van der Waals surface area contributed by atoms with Gasteiger partial charge in [0, 0.05) is 11.1 Å². The van der Waals surface area contributed by atoms with Crippen molar-refractivity contribution in [2.24, 2.45) is 0 Å². The SMILES string of the molecule is CCC1OC(=O)C(c2cccc(F)c2)=C1c1ccc(CS(=O)O)c(F)c1. The van der Waals surface area contributed by atoms with E-state index in [1.54, 1.807) is 12.1 Å². The Hall–Kier alpha value is -2.38. The molecular weight excluding hydrogens is 362 g/mol. The second-order valence-electron chi connectivity index (χ2n) is 5.87. The highest BCUT2D eigenvalue weighted by Gasteiger charge is 2.35. The van der Waals surface area contributed by atoms with Crippen LogP contribution in [0, 0.1) is 11.6 Å². The van der Waals surface area contributed by atoms with Crippen LogP contribution in [0.3, 0.4) is 0 Å². The van der Waals surface area contributed by atoms with E-state index >= 15 is 0 Å². The van der Waals surface area contributed by atoms with Crippen LogP contribution < -0.4 is 0 Å². The summed E-state index contributed by atoms with van der Waals surface area (Å²) in [7, 11) is 0. The molecule has 136 valence electrons. The Morgan fingerprint density at radius 3 is 2.54 bits per heavy atom. The molecule has 2 aromatic carbocycles. The van der Waals surface area contributed by atoms with Gasteiger partial charge in [-0.25, -0.2) is 17.8 Å². The van der Waals surface area contributed by atoms with E-state index in [1.165, 1.54) is 30.3 Å². The molecule has 3 rings (SSSR count). The first-order chi connectivity index (χ1) is 12.4. The summed E-state index contributed by atoms with van der Waals surface area (Å²) in [6, 6.07) is 9.77. The molecule has 1 aliphatic heterocycles. The molecule has 2 unspecified atom stereocenters. The number of benzene rings is 2.